The molecule has 0 fully saturated rings. The van der Waals surface area contributed by atoms with Crippen LogP contribution >= 0.6 is 15.9 Å². The molecular weight excluding hydrogens is 303 g/mol. The lowest BCUT2D eigenvalue weighted by atomic mass is 10.2. The summed E-state index contributed by atoms with van der Waals surface area (Å²) in [6, 6.07) is 0.917. The minimum Gasteiger partial charge on any atom is -0.366 e. The van der Waals surface area contributed by atoms with Gasteiger partial charge in [-0.05, 0) is 22.0 Å². The van der Waals surface area contributed by atoms with Gasteiger partial charge in [0, 0.05) is 10.7 Å². The van der Waals surface area contributed by atoms with Crippen LogP contribution in [0.5, 0.6) is 0 Å². The minimum absolute atomic E-state index is 0.122. The number of nitrogen functional groups attached to an aromatic ring is 1. The van der Waals surface area contributed by atoms with Crippen molar-refractivity contribution in [2.45, 2.75) is 6.18 Å². The summed E-state index contributed by atoms with van der Waals surface area (Å²) in [5.41, 5.74) is 4.32. The molecule has 2 heterocycles. The number of hydrogen-bond donors (Lipinski definition) is 1. The molecule has 2 N–H and O–H groups in total. The fourth-order valence-electron chi connectivity index (χ4n) is 1.20. The summed E-state index contributed by atoms with van der Waals surface area (Å²) in [5.74, 6) is -0.493. The molecule has 2 aromatic heterocycles. The molecule has 0 unspecified atom stereocenters. The van der Waals surface area contributed by atoms with E-state index in [9.17, 15) is 13.2 Å². The van der Waals surface area contributed by atoms with E-state index in [-0.39, 0.29) is 16.2 Å². The van der Waals surface area contributed by atoms with E-state index in [2.05, 4.69) is 31.0 Å². The molecule has 90 valence electrons. The normalized spacial score (nSPS) is 11.8. The SMILES string of the molecule is Nc1ncn(-c2ncc(Br)cc2C(F)(F)F)n1. The molecule has 17 heavy (non-hydrogen) atoms. The van der Waals surface area contributed by atoms with E-state index in [0.717, 1.165) is 17.1 Å². The van der Waals surface area contributed by atoms with Crippen molar-refractivity contribution < 1.29 is 13.2 Å². The summed E-state index contributed by atoms with van der Waals surface area (Å²) < 4.78 is 39.4. The second kappa shape index (κ2) is 3.99. The van der Waals surface area contributed by atoms with Crippen molar-refractivity contribution in [2.75, 3.05) is 5.73 Å². The third-order valence-electron chi connectivity index (χ3n) is 1.87. The number of halogens is 4. The smallest absolute Gasteiger partial charge is 0.366 e. The monoisotopic (exact) mass is 307 g/mol. The first-order valence-electron chi connectivity index (χ1n) is 4.28. The first kappa shape index (κ1) is 11.8. The van der Waals surface area contributed by atoms with Crippen LogP contribution in [0.25, 0.3) is 5.82 Å². The van der Waals surface area contributed by atoms with Gasteiger partial charge in [0.15, 0.2) is 5.82 Å². The largest absolute Gasteiger partial charge is 0.420 e. The minimum atomic E-state index is -4.53. The second-order valence-electron chi connectivity index (χ2n) is 3.07. The van der Waals surface area contributed by atoms with E-state index in [1.165, 1.54) is 6.20 Å². The van der Waals surface area contributed by atoms with Gasteiger partial charge < -0.3 is 5.73 Å². The lowest BCUT2D eigenvalue weighted by Gasteiger charge is -2.11. The first-order valence-corrected chi connectivity index (χ1v) is 5.07. The molecule has 9 heteroatoms. The lowest BCUT2D eigenvalue weighted by molar-refractivity contribution is -0.137. The number of alkyl halides is 3. The number of nitrogens with two attached hydrogens (primary N) is 1. The molecule has 2 aromatic rings. The van der Waals surface area contributed by atoms with E-state index in [0.29, 0.717) is 0 Å². The molecule has 0 atom stereocenters. The Morgan fingerprint density at radius 1 is 1.29 bits per heavy atom. The Balaban J connectivity index is 2.61. The Morgan fingerprint density at radius 2 is 2.00 bits per heavy atom. The molecule has 0 saturated heterocycles. The fraction of sp³-hybridized carbons (Fsp3) is 0.125. The van der Waals surface area contributed by atoms with Gasteiger partial charge in [0.2, 0.25) is 5.95 Å². The average Bonchev–Trinajstić information content (AvgIpc) is 2.63. The van der Waals surface area contributed by atoms with Crippen molar-refractivity contribution in [1.29, 1.82) is 0 Å². The van der Waals surface area contributed by atoms with Crippen molar-refractivity contribution in [3.05, 3.63) is 28.6 Å². The average molecular weight is 308 g/mol. The van der Waals surface area contributed by atoms with Crippen molar-refractivity contribution in [2.24, 2.45) is 0 Å². The van der Waals surface area contributed by atoms with Gasteiger partial charge in [-0.1, -0.05) is 0 Å². The molecule has 0 aliphatic heterocycles. The Hall–Kier alpha value is -1.64. The highest BCUT2D eigenvalue weighted by molar-refractivity contribution is 9.10. The molecule has 0 aliphatic rings. The van der Waals surface area contributed by atoms with Crippen LogP contribution < -0.4 is 5.73 Å². The number of anilines is 1. The molecule has 0 amide bonds. The lowest BCUT2D eigenvalue weighted by Crippen LogP contribution is -2.13. The highest BCUT2D eigenvalue weighted by atomic mass is 79.9. The van der Waals surface area contributed by atoms with Crippen molar-refractivity contribution in [3.63, 3.8) is 0 Å². The van der Waals surface area contributed by atoms with Crippen molar-refractivity contribution in [1.82, 2.24) is 19.7 Å². The molecule has 5 nitrogen and oxygen atoms in total. The maximum absolute atomic E-state index is 12.8. The van der Waals surface area contributed by atoms with Crippen LogP contribution in [0.1, 0.15) is 5.56 Å². The number of pyridine rings is 1. The molecule has 0 spiro atoms. The Morgan fingerprint density at radius 3 is 2.53 bits per heavy atom. The van der Waals surface area contributed by atoms with Crippen LogP contribution in [-0.2, 0) is 6.18 Å². The first-order chi connectivity index (χ1) is 7.88. The summed E-state index contributed by atoms with van der Waals surface area (Å²) >= 11 is 2.93. The summed E-state index contributed by atoms with van der Waals surface area (Å²) in [6.07, 6.45) is -2.23. The van der Waals surface area contributed by atoms with Gasteiger partial charge in [-0.25, -0.2) is 9.97 Å². The van der Waals surface area contributed by atoms with Crippen LogP contribution in [0, 0.1) is 0 Å². The molecule has 0 saturated carbocycles. The van der Waals surface area contributed by atoms with Crippen LogP contribution in [0.3, 0.4) is 0 Å². The van der Waals surface area contributed by atoms with E-state index in [1.807, 2.05) is 0 Å². The van der Waals surface area contributed by atoms with E-state index < -0.39 is 11.7 Å². The molecule has 0 aliphatic carbocycles. The fourth-order valence-corrected chi connectivity index (χ4v) is 1.53. The van der Waals surface area contributed by atoms with Gasteiger partial charge in [0.25, 0.3) is 0 Å². The number of hydrogen-bond acceptors (Lipinski definition) is 4. The molecular formula is C8H5BrF3N5. The Kier molecular flexibility index (Phi) is 2.77. The third kappa shape index (κ3) is 2.38. The second-order valence-corrected chi connectivity index (χ2v) is 3.99. The van der Waals surface area contributed by atoms with Crippen LogP contribution in [-0.4, -0.2) is 19.7 Å². The standard InChI is InChI=1S/C8H5BrF3N5/c9-4-1-5(8(10,11)12)6(14-2-4)17-3-15-7(13)16-17/h1-3H,(H2,13,16). The van der Waals surface area contributed by atoms with Gasteiger partial charge in [0.1, 0.15) is 11.9 Å². The summed E-state index contributed by atoms with van der Waals surface area (Å²) in [5, 5.41) is 3.59. The van der Waals surface area contributed by atoms with E-state index in [1.54, 1.807) is 0 Å². The quantitative estimate of drug-likeness (QED) is 0.875. The van der Waals surface area contributed by atoms with Gasteiger partial charge in [-0.2, -0.15) is 17.9 Å². The zero-order valence-corrected chi connectivity index (χ0v) is 9.70. The predicted molar refractivity (Wildman–Crippen MR) is 56.3 cm³/mol. The van der Waals surface area contributed by atoms with Crippen LogP contribution in [0.15, 0.2) is 23.1 Å². The Bertz CT molecular complexity index is 550. The number of nitrogens with zero attached hydrogens (tertiary/aromatic N) is 4. The summed E-state index contributed by atoms with van der Waals surface area (Å²) in [7, 11) is 0. The van der Waals surface area contributed by atoms with Crippen LogP contribution in [0.4, 0.5) is 19.1 Å². The van der Waals surface area contributed by atoms with Crippen molar-refractivity contribution >= 4 is 21.9 Å². The zero-order chi connectivity index (χ0) is 12.6. The highest BCUT2D eigenvalue weighted by Gasteiger charge is 2.35. The highest BCUT2D eigenvalue weighted by Crippen LogP contribution is 2.34. The summed E-state index contributed by atoms with van der Waals surface area (Å²) in [4.78, 5) is 7.22. The Labute approximate surface area is 102 Å². The maximum Gasteiger partial charge on any atom is 0.420 e. The molecule has 0 aromatic carbocycles. The summed E-state index contributed by atoms with van der Waals surface area (Å²) in [6.45, 7) is 0. The van der Waals surface area contributed by atoms with Crippen LogP contribution in [0.2, 0.25) is 0 Å². The van der Waals surface area contributed by atoms with Gasteiger partial charge in [-0.15, -0.1) is 5.10 Å². The molecule has 0 radical (unpaired) electrons. The van der Waals surface area contributed by atoms with Crippen molar-refractivity contribution in [3.8, 4) is 5.82 Å². The predicted octanol–water partition coefficient (Wildman–Crippen LogP) is 2.03. The van der Waals surface area contributed by atoms with Gasteiger partial charge in [0.05, 0.1) is 0 Å². The third-order valence-corrected chi connectivity index (χ3v) is 2.30. The van der Waals surface area contributed by atoms with Gasteiger partial charge in [-0.3, -0.25) is 0 Å². The molecule has 0 bridgehead atoms. The maximum atomic E-state index is 12.8. The number of aromatic nitrogens is 4. The van der Waals surface area contributed by atoms with E-state index >= 15 is 0 Å². The van der Waals surface area contributed by atoms with Gasteiger partial charge >= 0.3 is 6.18 Å². The number of rotatable bonds is 1. The topological polar surface area (TPSA) is 69.6 Å². The molecule has 2 rings (SSSR count). The zero-order valence-electron chi connectivity index (χ0n) is 8.11. The van der Waals surface area contributed by atoms with E-state index in [4.69, 9.17) is 5.73 Å².